The maximum Gasteiger partial charge on any atom is 0.326 e. The largest absolute Gasteiger partial charge is 0.392 e. The summed E-state index contributed by atoms with van der Waals surface area (Å²) in [6, 6.07) is 32.8. The Labute approximate surface area is 263 Å². The molecule has 0 amide bonds. The fourth-order valence-corrected chi connectivity index (χ4v) is 6.86. The normalized spacial score (nSPS) is 21.3. The molecule has 2 fully saturated rings. The van der Waals surface area contributed by atoms with Crippen molar-refractivity contribution in [3.05, 3.63) is 130 Å². The van der Waals surface area contributed by atoms with E-state index in [1.54, 1.807) is 0 Å². The van der Waals surface area contributed by atoms with Gasteiger partial charge in [-0.25, -0.2) is 4.79 Å². The van der Waals surface area contributed by atoms with Gasteiger partial charge >= 0.3 is 5.69 Å². The first-order valence-electron chi connectivity index (χ1n) is 15.9. The number of imidazole rings is 1. The van der Waals surface area contributed by atoms with Crippen LogP contribution in [0.1, 0.15) is 60.0 Å². The van der Waals surface area contributed by atoms with Gasteiger partial charge in [0.05, 0.1) is 29.8 Å². The second-order valence-corrected chi connectivity index (χ2v) is 12.2. The summed E-state index contributed by atoms with van der Waals surface area (Å²) >= 11 is 0. The third-order valence-corrected chi connectivity index (χ3v) is 9.28. The van der Waals surface area contributed by atoms with Crippen molar-refractivity contribution in [2.45, 2.75) is 57.0 Å². The molecule has 45 heavy (non-hydrogen) atoms. The predicted octanol–water partition coefficient (Wildman–Crippen LogP) is 5.83. The molecule has 0 aliphatic carbocycles. The van der Waals surface area contributed by atoms with E-state index in [-0.39, 0.29) is 30.5 Å². The number of aliphatic hydroxyl groups excluding tert-OH is 1. The number of aliphatic hydroxyl groups is 1. The van der Waals surface area contributed by atoms with Crippen molar-refractivity contribution in [1.29, 1.82) is 0 Å². The van der Waals surface area contributed by atoms with E-state index in [9.17, 15) is 9.90 Å². The Morgan fingerprint density at radius 2 is 1.58 bits per heavy atom. The first-order valence-corrected chi connectivity index (χ1v) is 15.9. The second-order valence-electron chi connectivity index (χ2n) is 12.2. The van der Waals surface area contributed by atoms with E-state index in [1.165, 1.54) is 0 Å². The lowest BCUT2D eigenvalue weighted by molar-refractivity contribution is -0.253. The summed E-state index contributed by atoms with van der Waals surface area (Å²) in [7, 11) is 0. The summed E-state index contributed by atoms with van der Waals surface area (Å²) in [6.45, 7) is 3.09. The van der Waals surface area contributed by atoms with Gasteiger partial charge in [-0.05, 0) is 64.9 Å². The number of rotatable bonds is 8. The van der Waals surface area contributed by atoms with Gasteiger partial charge in [0, 0.05) is 44.2 Å². The van der Waals surface area contributed by atoms with Gasteiger partial charge in [-0.2, -0.15) is 0 Å². The monoisotopic (exact) mass is 604 g/mol. The summed E-state index contributed by atoms with van der Waals surface area (Å²) in [5.41, 5.74) is 14.0. The molecule has 3 heterocycles. The van der Waals surface area contributed by atoms with Crippen LogP contribution in [0.3, 0.4) is 0 Å². The average molecular weight is 605 g/mol. The zero-order valence-electron chi connectivity index (χ0n) is 25.3. The highest BCUT2D eigenvalue weighted by atomic mass is 16.7. The van der Waals surface area contributed by atoms with E-state index in [0.717, 1.165) is 83.3 Å². The lowest BCUT2D eigenvalue weighted by atomic mass is 9.97. The molecule has 7 rings (SSSR count). The van der Waals surface area contributed by atoms with E-state index in [4.69, 9.17) is 15.2 Å². The number of fused-ring (bicyclic) bond motifs is 1. The van der Waals surface area contributed by atoms with E-state index in [2.05, 4.69) is 58.4 Å². The molecule has 0 unspecified atom stereocenters. The van der Waals surface area contributed by atoms with E-state index in [0.29, 0.717) is 6.54 Å². The third-order valence-electron chi connectivity index (χ3n) is 9.28. The van der Waals surface area contributed by atoms with Gasteiger partial charge in [0.15, 0.2) is 6.29 Å². The Hall–Kier alpha value is -4.05. The van der Waals surface area contributed by atoms with Gasteiger partial charge in [0.1, 0.15) is 0 Å². The number of likely N-dealkylation sites (tertiary alicyclic amines) is 1. The minimum atomic E-state index is -0.522. The van der Waals surface area contributed by atoms with Gasteiger partial charge in [-0.3, -0.25) is 4.57 Å². The van der Waals surface area contributed by atoms with Gasteiger partial charge < -0.3 is 30.2 Å². The van der Waals surface area contributed by atoms with Crippen molar-refractivity contribution in [3.8, 4) is 11.1 Å². The van der Waals surface area contributed by atoms with Crippen LogP contribution in [-0.4, -0.2) is 45.3 Å². The molecule has 5 aromatic rings. The van der Waals surface area contributed by atoms with Crippen LogP contribution in [0.2, 0.25) is 0 Å². The van der Waals surface area contributed by atoms with Crippen LogP contribution < -0.4 is 11.4 Å². The van der Waals surface area contributed by atoms with Crippen molar-refractivity contribution < 1.29 is 14.6 Å². The molecule has 8 nitrogen and oxygen atoms in total. The maximum atomic E-state index is 12.8. The van der Waals surface area contributed by atoms with Crippen molar-refractivity contribution in [1.82, 2.24) is 14.5 Å². The van der Waals surface area contributed by atoms with Gasteiger partial charge in [0.2, 0.25) is 0 Å². The molecule has 2 saturated heterocycles. The van der Waals surface area contributed by atoms with Crippen LogP contribution in [0, 0.1) is 0 Å². The molecular weight excluding hydrogens is 564 g/mol. The highest BCUT2D eigenvalue weighted by Crippen LogP contribution is 2.39. The molecule has 0 radical (unpaired) electrons. The summed E-state index contributed by atoms with van der Waals surface area (Å²) < 4.78 is 15.3. The number of hydrogen-bond acceptors (Lipinski definition) is 6. The fourth-order valence-electron chi connectivity index (χ4n) is 6.86. The molecule has 1 aromatic heterocycles. The Balaban J connectivity index is 1.09. The summed E-state index contributed by atoms with van der Waals surface area (Å²) in [6.07, 6.45) is 1.84. The molecule has 4 aromatic carbocycles. The topological polar surface area (TPSA) is 106 Å². The van der Waals surface area contributed by atoms with Crippen LogP contribution in [0.4, 0.5) is 0 Å². The molecular formula is C37H40N4O4. The second kappa shape index (κ2) is 13.1. The quantitative estimate of drug-likeness (QED) is 0.206. The van der Waals surface area contributed by atoms with Gasteiger partial charge in [0.25, 0.3) is 0 Å². The van der Waals surface area contributed by atoms with Crippen LogP contribution in [-0.2, 0) is 22.6 Å². The van der Waals surface area contributed by atoms with E-state index >= 15 is 0 Å². The lowest BCUT2D eigenvalue weighted by Gasteiger charge is -2.40. The van der Waals surface area contributed by atoms with Gasteiger partial charge in [-0.1, -0.05) is 72.8 Å². The minimum absolute atomic E-state index is 0.0128. The maximum absolute atomic E-state index is 12.8. The molecule has 4 N–H and O–H groups in total. The Kier molecular flexibility index (Phi) is 8.65. The number of para-hydroxylation sites is 2. The molecule has 0 spiro atoms. The van der Waals surface area contributed by atoms with Crippen LogP contribution in [0.5, 0.6) is 0 Å². The summed E-state index contributed by atoms with van der Waals surface area (Å²) in [5.74, 6) is 0. The highest BCUT2D eigenvalue weighted by molar-refractivity contribution is 5.75. The highest BCUT2D eigenvalue weighted by Gasteiger charge is 2.34. The zero-order valence-corrected chi connectivity index (χ0v) is 25.3. The number of aromatic nitrogens is 2. The number of nitrogens with zero attached hydrogens (tertiary/aromatic N) is 2. The Morgan fingerprint density at radius 3 is 2.36 bits per heavy atom. The number of ether oxygens (including phenoxy) is 2. The lowest BCUT2D eigenvalue weighted by Crippen LogP contribution is -2.43. The van der Waals surface area contributed by atoms with Crippen molar-refractivity contribution in [3.63, 3.8) is 0 Å². The number of aromatic amines is 1. The molecule has 8 heteroatoms. The van der Waals surface area contributed by atoms with Crippen molar-refractivity contribution >= 4 is 11.0 Å². The molecule has 232 valence electrons. The van der Waals surface area contributed by atoms with Crippen molar-refractivity contribution in [2.75, 3.05) is 19.6 Å². The first kappa shape index (κ1) is 29.6. The standard InChI is InChI=1S/C37H40N4O4/c38-22-26-5-3-6-28(19-26)29-7-4-8-30(20-29)36-44-32(21-35(45-36)27-13-11-25(24-42)12-14-27)23-40-17-15-31(16-18-40)41-34-10-2-1-9-33(34)39-37(41)43/h1-14,19-20,31-32,35-36,42H,15-18,21-24,38H2,(H,39,43)/t32-,35+,36+/m0/s1. The molecule has 2 aliphatic rings. The third kappa shape index (κ3) is 6.38. The number of benzene rings is 4. The Morgan fingerprint density at radius 1 is 0.822 bits per heavy atom. The number of H-pyrrole nitrogens is 1. The van der Waals surface area contributed by atoms with Crippen LogP contribution >= 0.6 is 0 Å². The predicted molar refractivity (Wildman–Crippen MR) is 175 cm³/mol. The molecule has 2 aliphatic heterocycles. The fraction of sp³-hybridized carbons (Fsp3) is 0.324. The first-order chi connectivity index (χ1) is 22.1. The van der Waals surface area contributed by atoms with Crippen LogP contribution in [0.15, 0.2) is 102 Å². The molecule has 0 bridgehead atoms. The molecule has 0 saturated carbocycles. The van der Waals surface area contributed by atoms with Gasteiger partial charge in [-0.15, -0.1) is 0 Å². The Bertz CT molecular complexity index is 1810. The average Bonchev–Trinajstić information content (AvgIpc) is 3.44. The van der Waals surface area contributed by atoms with E-state index in [1.807, 2.05) is 53.1 Å². The number of piperidine rings is 1. The van der Waals surface area contributed by atoms with Crippen molar-refractivity contribution in [2.24, 2.45) is 5.73 Å². The zero-order chi connectivity index (χ0) is 30.8. The summed E-state index contributed by atoms with van der Waals surface area (Å²) in [5, 5.41) is 9.57. The number of hydrogen-bond donors (Lipinski definition) is 3. The van der Waals surface area contributed by atoms with Crippen LogP contribution in [0.25, 0.3) is 22.2 Å². The number of nitrogens with one attached hydrogen (secondary N) is 1. The minimum Gasteiger partial charge on any atom is -0.392 e. The molecule has 3 atom stereocenters. The SMILES string of the molecule is NCc1cccc(-c2cccc([C@@H]3O[C@H](CN4CCC(n5c(=O)[nH]c6ccccc65)CC4)C[C@H](c4ccc(CO)cc4)O3)c2)c1. The summed E-state index contributed by atoms with van der Waals surface area (Å²) in [4.78, 5) is 18.3. The smallest absolute Gasteiger partial charge is 0.326 e. The number of nitrogens with two attached hydrogens (primary N) is 1. The van der Waals surface area contributed by atoms with E-state index < -0.39 is 6.29 Å².